The Kier molecular flexibility index (Phi) is 3.07. The molecule has 0 unspecified atom stereocenters. The second-order valence-corrected chi connectivity index (χ2v) is 3.42. The highest BCUT2D eigenvalue weighted by Crippen LogP contribution is 2.26. The van der Waals surface area contributed by atoms with Crippen LogP contribution in [0.5, 0.6) is 0 Å². The van der Waals surface area contributed by atoms with Crippen LogP contribution in [-0.2, 0) is 15.1 Å². The Labute approximate surface area is 86.7 Å². The van der Waals surface area contributed by atoms with E-state index >= 15 is 0 Å². The van der Waals surface area contributed by atoms with Crippen molar-refractivity contribution in [2.24, 2.45) is 4.99 Å². The van der Waals surface area contributed by atoms with Crippen LogP contribution in [-0.4, -0.2) is 19.2 Å². The summed E-state index contributed by atoms with van der Waals surface area (Å²) in [6.45, 7) is 3.36. The van der Waals surface area contributed by atoms with Crippen LogP contribution < -0.4 is 0 Å². The molecule has 0 amide bonds. The molecule has 0 saturated carbocycles. The molecular formula is C10H11NO4. The van der Waals surface area contributed by atoms with Crippen LogP contribution >= 0.6 is 0 Å². The van der Waals surface area contributed by atoms with E-state index in [4.69, 9.17) is 4.42 Å². The Hall–Kier alpha value is -1.87. The third kappa shape index (κ3) is 2.33. The quantitative estimate of drug-likeness (QED) is 0.431. The molecule has 0 bridgehead atoms. The lowest BCUT2D eigenvalue weighted by Gasteiger charge is -2.12. The minimum absolute atomic E-state index is 0.0849. The molecule has 15 heavy (non-hydrogen) atoms. The summed E-state index contributed by atoms with van der Waals surface area (Å²) in [6.07, 6.45) is 1.46. The molecular weight excluding hydrogens is 198 g/mol. The molecule has 0 aliphatic rings. The van der Waals surface area contributed by atoms with Gasteiger partial charge in [0.15, 0.2) is 0 Å². The molecule has 0 aromatic carbocycles. The normalized spacial score (nSPS) is 10.6. The van der Waals surface area contributed by atoms with Gasteiger partial charge in [-0.1, -0.05) is 0 Å². The topological polar surface area (TPSA) is 68.9 Å². The van der Waals surface area contributed by atoms with Crippen LogP contribution in [0.25, 0.3) is 0 Å². The lowest BCUT2D eigenvalue weighted by Crippen LogP contribution is -2.12. The van der Waals surface area contributed by atoms with E-state index in [9.17, 15) is 9.59 Å². The zero-order valence-corrected chi connectivity index (χ0v) is 8.73. The van der Waals surface area contributed by atoms with Gasteiger partial charge in [-0.15, -0.1) is 0 Å². The largest absolute Gasteiger partial charge is 0.463 e. The predicted molar refractivity (Wildman–Crippen MR) is 51.2 cm³/mol. The zero-order valence-electron chi connectivity index (χ0n) is 8.73. The molecule has 5 nitrogen and oxygen atoms in total. The first-order valence-corrected chi connectivity index (χ1v) is 4.29. The number of furan rings is 1. The van der Waals surface area contributed by atoms with E-state index in [1.165, 1.54) is 19.3 Å². The van der Waals surface area contributed by atoms with Gasteiger partial charge in [0, 0.05) is 0 Å². The molecule has 0 aliphatic carbocycles. The number of rotatable bonds is 3. The number of nitrogens with zero attached hydrogens (tertiary/aromatic N) is 1. The second kappa shape index (κ2) is 4.11. The Morgan fingerprint density at radius 3 is 2.73 bits per heavy atom. The third-order valence-corrected chi connectivity index (χ3v) is 1.92. The molecule has 1 aromatic rings. The van der Waals surface area contributed by atoms with Gasteiger partial charge in [0.05, 0.1) is 7.11 Å². The third-order valence-electron chi connectivity index (χ3n) is 1.92. The molecule has 0 N–H and O–H groups in total. The van der Waals surface area contributed by atoms with Crippen molar-refractivity contribution < 1.29 is 18.7 Å². The zero-order chi connectivity index (χ0) is 11.5. The monoisotopic (exact) mass is 209 g/mol. The van der Waals surface area contributed by atoms with Gasteiger partial charge in [0.2, 0.25) is 11.8 Å². The minimum Gasteiger partial charge on any atom is -0.463 e. The molecule has 80 valence electrons. The van der Waals surface area contributed by atoms with Gasteiger partial charge in [-0.05, 0) is 26.0 Å². The van der Waals surface area contributed by atoms with Gasteiger partial charge in [-0.25, -0.2) is 9.59 Å². The number of methoxy groups -OCH3 is 1. The van der Waals surface area contributed by atoms with Crippen LogP contribution in [0.4, 0.5) is 0 Å². The summed E-state index contributed by atoms with van der Waals surface area (Å²) in [4.78, 5) is 24.8. The average molecular weight is 209 g/mol. The summed E-state index contributed by atoms with van der Waals surface area (Å²) < 4.78 is 9.69. The molecule has 5 heteroatoms. The van der Waals surface area contributed by atoms with Crippen molar-refractivity contribution >= 4 is 12.0 Å². The van der Waals surface area contributed by atoms with E-state index in [0.717, 1.165) is 0 Å². The summed E-state index contributed by atoms with van der Waals surface area (Å²) in [5, 5.41) is 0. The smallest absolute Gasteiger partial charge is 0.373 e. The number of isocyanates is 1. The summed E-state index contributed by atoms with van der Waals surface area (Å²) in [7, 11) is 1.26. The maximum atomic E-state index is 11.1. The molecule has 0 fully saturated rings. The molecule has 1 heterocycles. The summed E-state index contributed by atoms with van der Waals surface area (Å²) in [5.41, 5.74) is -0.825. The Morgan fingerprint density at radius 1 is 1.53 bits per heavy atom. The van der Waals surface area contributed by atoms with Crippen molar-refractivity contribution in [2.75, 3.05) is 7.11 Å². The van der Waals surface area contributed by atoms with Crippen molar-refractivity contribution in [3.63, 3.8) is 0 Å². The second-order valence-electron chi connectivity index (χ2n) is 3.42. The highest BCUT2D eigenvalue weighted by atomic mass is 16.5. The number of hydrogen-bond acceptors (Lipinski definition) is 5. The van der Waals surface area contributed by atoms with Gasteiger partial charge < -0.3 is 9.15 Å². The molecule has 0 atom stereocenters. The number of esters is 1. The Morgan fingerprint density at radius 2 is 2.20 bits per heavy atom. The first kappa shape index (κ1) is 11.2. The SMILES string of the molecule is COC(=O)c1ccc(C(C)(C)N=C=O)o1. The van der Waals surface area contributed by atoms with Crippen molar-refractivity contribution in [1.29, 1.82) is 0 Å². The lowest BCUT2D eigenvalue weighted by molar-refractivity contribution is 0.0561. The number of aliphatic imine (C=N–C) groups is 1. The standard InChI is InChI=1S/C10H11NO4/c1-10(2,11-6-12)8-5-4-7(15-8)9(13)14-3/h4-5H,1-3H3. The highest BCUT2D eigenvalue weighted by Gasteiger charge is 2.25. The molecule has 0 saturated heterocycles. The first-order valence-electron chi connectivity index (χ1n) is 4.29. The van der Waals surface area contributed by atoms with Crippen molar-refractivity contribution in [1.82, 2.24) is 0 Å². The van der Waals surface area contributed by atoms with E-state index in [-0.39, 0.29) is 5.76 Å². The van der Waals surface area contributed by atoms with E-state index < -0.39 is 11.5 Å². The van der Waals surface area contributed by atoms with E-state index in [1.807, 2.05) is 0 Å². The lowest BCUT2D eigenvalue weighted by atomic mass is 10.0. The van der Waals surface area contributed by atoms with E-state index in [0.29, 0.717) is 5.76 Å². The van der Waals surface area contributed by atoms with Crippen LogP contribution in [0.15, 0.2) is 21.5 Å². The van der Waals surface area contributed by atoms with Gasteiger partial charge in [-0.2, -0.15) is 4.99 Å². The fourth-order valence-electron chi connectivity index (χ4n) is 1.05. The van der Waals surface area contributed by atoms with Crippen LogP contribution in [0, 0.1) is 0 Å². The average Bonchev–Trinajstić information content (AvgIpc) is 2.66. The van der Waals surface area contributed by atoms with E-state index in [1.54, 1.807) is 19.9 Å². The number of ether oxygens (including phenoxy) is 1. The minimum atomic E-state index is -0.825. The summed E-state index contributed by atoms with van der Waals surface area (Å²) >= 11 is 0. The van der Waals surface area contributed by atoms with Crippen molar-refractivity contribution in [3.05, 3.63) is 23.7 Å². The maximum absolute atomic E-state index is 11.1. The fraction of sp³-hybridized carbons (Fsp3) is 0.400. The van der Waals surface area contributed by atoms with Gasteiger partial charge >= 0.3 is 5.97 Å². The Balaban J connectivity index is 3.03. The Bertz CT molecular complexity index is 413. The maximum Gasteiger partial charge on any atom is 0.373 e. The molecule has 0 spiro atoms. The molecule has 1 rings (SSSR count). The summed E-state index contributed by atoms with van der Waals surface area (Å²) in [5.74, 6) is -0.0694. The van der Waals surface area contributed by atoms with Crippen LogP contribution in [0.2, 0.25) is 0 Å². The number of carbonyl (C=O) groups excluding carboxylic acids is 2. The van der Waals surface area contributed by atoms with Gasteiger partial charge in [0.1, 0.15) is 11.3 Å². The number of carbonyl (C=O) groups is 1. The fourth-order valence-corrected chi connectivity index (χ4v) is 1.05. The number of hydrogen-bond donors (Lipinski definition) is 0. The van der Waals surface area contributed by atoms with Gasteiger partial charge in [-0.3, -0.25) is 0 Å². The van der Waals surface area contributed by atoms with E-state index in [2.05, 4.69) is 9.73 Å². The first-order chi connectivity index (χ1) is 7.01. The van der Waals surface area contributed by atoms with Crippen LogP contribution in [0.3, 0.4) is 0 Å². The summed E-state index contributed by atoms with van der Waals surface area (Å²) in [6, 6.07) is 3.05. The molecule has 0 aliphatic heterocycles. The predicted octanol–water partition coefficient (Wildman–Crippen LogP) is 1.64. The molecule has 1 aromatic heterocycles. The van der Waals surface area contributed by atoms with Crippen molar-refractivity contribution in [2.45, 2.75) is 19.4 Å². The highest BCUT2D eigenvalue weighted by molar-refractivity contribution is 5.86. The van der Waals surface area contributed by atoms with Crippen LogP contribution in [0.1, 0.15) is 30.2 Å². The van der Waals surface area contributed by atoms with Crippen molar-refractivity contribution in [3.8, 4) is 0 Å². The van der Waals surface area contributed by atoms with Gasteiger partial charge in [0.25, 0.3) is 0 Å². The molecule has 0 radical (unpaired) electrons.